The lowest BCUT2D eigenvalue weighted by Crippen LogP contribution is -2.49. The molecule has 1 spiro atoms. The average Bonchev–Trinajstić information content (AvgIpc) is 3.45. The zero-order chi connectivity index (χ0) is 24.2. The van der Waals surface area contributed by atoms with E-state index in [1.165, 1.54) is 17.4 Å². The quantitative estimate of drug-likeness (QED) is 0.499. The molecule has 4 heterocycles. The summed E-state index contributed by atoms with van der Waals surface area (Å²) in [5, 5.41) is 9.17. The third-order valence-corrected chi connectivity index (χ3v) is 7.91. The summed E-state index contributed by atoms with van der Waals surface area (Å²) >= 11 is 1.48. The van der Waals surface area contributed by atoms with Crippen LogP contribution < -0.4 is 20.3 Å². The number of thiazole rings is 1. The maximum absolute atomic E-state index is 15.1. The Morgan fingerprint density at radius 1 is 1.17 bits per heavy atom. The van der Waals surface area contributed by atoms with Gasteiger partial charge in [-0.05, 0) is 64.8 Å². The van der Waals surface area contributed by atoms with Gasteiger partial charge in [-0.25, -0.2) is 23.7 Å². The Kier molecular flexibility index (Phi) is 5.60. The van der Waals surface area contributed by atoms with Crippen LogP contribution in [0.3, 0.4) is 0 Å². The van der Waals surface area contributed by atoms with Gasteiger partial charge in [0.2, 0.25) is 5.95 Å². The van der Waals surface area contributed by atoms with Crippen LogP contribution >= 0.6 is 11.3 Å². The fraction of sp³-hybridized carbons (Fsp3) is 0.480. The molecular weight excluding hydrogens is 470 g/mol. The fourth-order valence-electron chi connectivity index (χ4n) is 5.30. The van der Waals surface area contributed by atoms with Gasteiger partial charge < -0.3 is 20.3 Å². The van der Waals surface area contributed by atoms with Gasteiger partial charge in [0.15, 0.2) is 22.5 Å². The summed E-state index contributed by atoms with van der Waals surface area (Å²) in [5.74, 6) is -0.245. The minimum Gasteiger partial charge on any atom is -0.486 e. The van der Waals surface area contributed by atoms with Gasteiger partial charge >= 0.3 is 0 Å². The average molecular weight is 499 g/mol. The van der Waals surface area contributed by atoms with Crippen LogP contribution in [0.1, 0.15) is 51.1 Å². The van der Waals surface area contributed by atoms with Crippen molar-refractivity contribution >= 4 is 28.1 Å². The number of aromatic nitrogens is 3. The minimum atomic E-state index is -0.613. The Morgan fingerprint density at radius 2 is 1.97 bits per heavy atom. The molecule has 2 aliphatic heterocycles. The zero-order valence-corrected chi connectivity index (χ0v) is 20.6. The van der Waals surface area contributed by atoms with Crippen molar-refractivity contribution in [3.8, 4) is 17.0 Å². The third kappa shape index (κ3) is 4.12. The number of piperidine rings is 1. The highest BCUT2D eigenvalue weighted by Crippen LogP contribution is 2.52. The number of nitrogens with one attached hydrogen (secondary N) is 2. The van der Waals surface area contributed by atoms with Crippen molar-refractivity contribution in [2.45, 2.75) is 57.0 Å². The molecule has 2 fully saturated rings. The molecule has 6 rings (SSSR count). The standard InChI is InChI=1S/C25H28F2N6OS/c1-14(2)33-20-10-16(9-17(26)22(20)34-13-25(33)5-6-25)21-18(27)11-29-23(31-21)32-24-30-19(12-35-24)15-3-7-28-8-4-15/h9-12,14-15,28H,3-8,13H2,1-2H3,(H,29,30,31,32). The Hall–Kier alpha value is -2.85. The largest absolute Gasteiger partial charge is 0.486 e. The van der Waals surface area contributed by atoms with Gasteiger partial charge in [0.25, 0.3) is 0 Å². The van der Waals surface area contributed by atoms with Crippen LogP contribution in [0.15, 0.2) is 23.7 Å². The van der Waals surface area contributed by atoms with Crippen molar-refractivity contribution in [2.75, 3.05) is 29.9 Å². The van der Waals surface area contributed by atoms with Gasteiger partial charge in [0, 0.05) is 22.9 Å². The summed E-state index contributed by atoms with van der Waals surface area (Å²) < 4.78 is 35.8. The monoisotopic (exact) mass is 498 g/mol. The maximum atomic E-state index is 15.1. The van der Waals surface area contributed by atoms with Gasteiger partial charge in [0.1, 0.15) is 12.3 Å². The van der Waals surface area contributed by atoms with E-state index in [-0.39, 0.29) is 29.0 Å². The molecule has 184 valence electrons. The summed E-state index contributed by atoms with van der Waals surface area (Å²) in [6.07, 6.45) is 5.23. The Bertz CT molecular complexity index is 1250. The highest BCUT2D eigenvalue weighted by molar-refractivity contribution is 7.13. The predicted octanol–water partition coefficient (Wildman–Crippen LogP) is 5.23. The van der Waals surface area contributed by atoms with Crippen molar-refractivity contribution in [1.29, 1.82) is 0 Å². The van der Waals surface area contributed by atoms with Crippen LogP contribution in [0.4, 0.5) is 25.5 Å². The molecule has 7 nitrogen and oxygen atoms in total. The third-order valence-electron chi connectivity index (χ3n) is 7.14. The molecule has 0 unspecified atom stereocenters. The number of benzene rings is 1. The van der Waals surface area contributed by atoms with E-state index in [1.807, 2.05) is 0 Å². The van der Waals surface area contributed by atoms with Crippen molar-refractivity contribution in [1.82, 2.24) is 20.3 Å². The molecule has 35 heavy (non-hydrogen) atoms. The minimum absolute atomic E-state index is 0.0402. The second-order valence-corrected chi connectivity index (χ2v) is 10.8. The molecule has 3 aliphatic rings. The maximum Gasteiger partial charge on any atom is 0.229 e. The SMILES string of the molecule is CC(C)N1c2cc(-c3nc(Nc4nc(C5CCNCC5)cs4)ncc3F)cc(F)c2OCC12CC2. The summed E-state index contributed by atoms with van der Waals surface area (Å²) in [6, 6.07) is 3.22. The summed E-state index contributed by atoms with van der Waals surface area (Å²) in [6.45, 7) is 6.62. The molecule has 0 amide bonds. The molecule has 1 aliphatic carbocycles. The van der Waals surface area contributed by atoms with Crippen LogP contribution in [-0.4, -0.2) is 46.2 Å². The number of rotatable bonds is 5. The first kappa shape index (κ1) is 22.6. The predicted molar refractivity (Wildman–Crippen MR) is 133 cm³/mol. The number of nitrogens with zero attached hydrogens (tertiary/aromatic N) is 4. The fourth-order valence-corrected chi connectivity index (χ4v) is 6.08. The zero-order valence-electron chi connectivity index (χ0n) is 19.8. The van der Waals surface area contributed by atoms with E-state index in [1.54, 1.807) is 6.07 Å². The van der Waals surface area contributed by atoms with Crippen molar-refractivity contribution in [2.24, 2.45) is 0 Å². The first-order valence-corrected chi connectivity index (χ1v) is 13.0. The second-order valence-electron chi connectivity index (χ2n) is 9.90. The molecule has 0 bridgehead atoms. The van der Waals surface area contributed by atoms with E-state index in [0.29, 0.717) is 28.9 Å². The van der Waals surface area contributed by atoms with Gasteiger partial charge in [-0.3, -0.25) is 0 Å². The molecular formula is C25H28F2N6OS. The number of hydrogen-bond donors (Lipinski definition) is 2. The van der Waals surface area contributed by atoms with E-state index in [2.05, 4.69) is 44.7 Å². The lowest BCUT2D eigenvalue weighted by atomic mass is 9.96. The van der Waals surface area contributed by atoms with Crippen molar-refractivity contribution in [3.63, 3.8) is 0 Å². The van der Waals surface area contributed by atoms with Crippen molar-refractivity contribution < 1.29 is 13.5 Å². The number of hydrogen-bond acceptors (Lipinski definition) is 8. The lowest BCUT2D eigenvalue weighted by Gasteiger charge is -2.42. The van der Waals surface area contributed by atoms with E-state index in [0.717, 1.165) is 50.7 Å². The lowest BCUT2D eigenvalue weighted by molar-refractivity contribution is 0.234. The Morgan fingerprint density at radius 3 is 2.71 bits per heavy atom. The van der Waals surface area contributed by atoms with Crippen LogP contribution in [0.25, 0.3) is 11.3 Å². The molecule has 1 saturated heterocycles. The molecule has 2 aromatic heterocycles. The first-order chi connectivity index (χ1) is 16.9. The summed E-state index contributed by atoms with van der Waals surface area (Å²) in [4.78, 5) is 15.4. The Balaban J connectivity index is 1.31. The van der Waals surface area contributed by atoms with E-state index in [9.17, 15) is 4.39 Å². The van der Waals surface area contributed by atoms with E-state index < -0.39 is 11.6 Å². The molecule has 3 aromatic rings. The van der Waals surface area contributed by atoms with Crippen LogP contribution in [0.2, 0.25) is 0 Å². The van der Waals surface area contributed by atoms with E-state index in [4.69, 9.17) is 9.72 Å². The summed E-state index contributed by atoms with van der Waals surface area (Å²) in [5.41, 5.74) is 2.00. The topological polar surface area (TPSA) is 75.2 Å². The molecule has 0 radical (unpaired) electrons. The number of anilines is 3. The molecule has 1 saturated carbocycles. The van der Waals surface area contributed by atoms with Gasteiger partial charge in [0.05, 0.1) is 23.1 Å². The summed E-state index contributed by atoms with van der Waals surface area (Å²) in [7, 11) is 0. The second kappa shape index (κ2) is 8.67. The van der Waals surface area contributed by atoms with Crippen LogP contribution in [-0.2, 0) is 0 Å². The number of fused-ring (bicyclic) bond motifs is 1. The van der Waals surface area contributed by atoms with Gasteiger partial charge in [-0.15, -0.1) is 11.3 Å². The normalized spacial score (nSPS) is 19.1. The van der Waals surface area contributed by atoms with Crippen molar-refractivity contribution in [3.05, 3.63) is 41.0 Å². The highest BCUT2D eigenvalue weighted by Gasteiger charge is 2.53. The smallest absolute Gasteiger partial charge is 0.229 e. The highest BCUT2D eigenvalue weighted by atomic mass is 32.1. The Labute approximate surface area is 207 Å². The first-order valence-electron chi connectivity index (χ1n) is 12.2. The van der Waals surface area contributed by atoms with Crippen LogP contribution in [0, 0.1) is 11.6 Å². The molecule has 2 N–H and O–H groups in total. The van der Waals surface area contributed by atoms with Crippen LogP contribution in [0.5, 0.6) is 5.75 Å². The molecule has 1 aromatic carbocycles. The van der Waals surface area contributed by atoms with Gasteiger partial charge in [-0.2, -0.15) is 0 Å². The number of ether oxygens (including phenoxy) is 1. The molecule has 10 heteroatoms. The van der Waals surface area contributed by atoms with E-state index >= 15 is 4.39 Å². The number of halogens is 2. The molecule has 0 atom stereocenters. The van der Waals surface area contributed by atoms with Gasteiger partial charge in [-0.1, -0.05) is 0 Å².